The van der Waals surface area contributed by atoms with E-state index in [9.17, 15) is 4.79 Å². The summed E-state index contributed by atoms with van der Waals surface area (Å²) in [5, 5.41) is 17.5. The molecule has 4 nitrogen and oxygen atoms in total. The highest BCUT2D eigenvalue weighted by Crippen LogP contribution is 2.36. The maximum absolute atomic E-state index is 10.7. The lowest BCUT2D eigenvalue weighted by atomic mass is 9.80. The summed E-state index contributed by atoms with van der Waals surface area (Å²) >= 11 is 0. The van der Waals surface area contributed by atoms with Crippen LogP contribution in [0.4, 0.5) is 0 Å². The lowest BCUT2D eigenvalue weighted by Gasteiger charge is -2.33. The monoisotopic (exact) mass is 186 g/mol. The average molecular weight is 186 g/mol. The van der Waals surface area contributed by atoms with Gasteiger partial charge in [0.25, 0.3) is 0 Å². The number of hydrogen-bond donors (Lipinski definition) is 2. The van der Waals surface area contributed by atoms with Crippen molar-refractivity contribution in [2.45, 2.75) is 37.7 Å². The topological polar surface area (TPSA) is 66.8 Å². The first kappa shape index (κ1) is 10.2. The van der Waals surface area contributed by atoms with Crippen molar-refractivity contribution >= 4 is 5.97 Å². The molecular weight excluding hydrogens is 172 g/mol. The number of aliphatic carboxylic acids is 1. The molecule has 13 heavy (non-hydrogen) atoms. The van der Waals surface area contributed by atoms with Crippen LogP contribution in [0.3, 0.4) is 0 Å². The molecule has 4 heteroatoms. The molecule has 0 saturated heterocycles. The molecule has 0 spiro atoms. The molecule has 0 aromatic rings. The zero-order valence-corrected chi connectivity index (χ0v) is 7.45. The molecular formula is C9H14O4. The molecule has 0 heterocycles. The van der Waals surface area contributed by atoms with Crippen molar-refractivity contribution in [1.29, 1.82) is 0 Å². The molecule has 0 aromatic carbocycles. The van der Waals surface area contributed by atoms with E-state index >= 15 is 0 Å². The molecule has 1 saturated carbocycles. The van der Waals surface area contributed by atoms with Crippen molar-refractivity contribution in [2.24, 2.45) is 0 Å². The zero-order chi connectivity index (χ0) is 9.90. The van der Waals surface area contributed by atoms with Gasteiger partial charge in [0.15, 0.2) is 0 Å². The fraction of sp³-hybridized carbons (Fsp3) is 0.667. The van der Waals surface area contributed by atoms with Crippen molar-refractivity contribution in [3.8, 4) is 0 Å². The van der Waals surface area contributed by atoms with Gasteiger partial charge in [-0.1, -0.05) is 25.8 Å². The molecule has 2 N–H and O–H groups in total. The standard InChI is InChI=1S/C9H14O4/c1-7(8(10)11)9(13-12)5-3-2-4-6-9/h12H,1-6H2,(H,10,11). The zero-order valence-electron chi connectivity index (χ0n) is 7.45. The lowest BCUT2D eigenvalue weighted by molar-refractivity contribution is -0.317. The number of carbonyl (C=O) groups is 1. The Kier molecular flexibility index (Phi) is 3.06. The van der Waals surface area contributed by atoms with Gasteiger partial charge in [0.05, 0.1) is 5.57 Å². The molecule has 0 radical (unpaired) electrons. The highest BCUT2D eigenvalue weighted by atomic mass is 17.1. The Morgan fingerprint density at radius 2 is 1.85 bits per heavy atom. The van der Waals surface area contributed by atoms with Gasteiger partial charge in [-0.15, -0.1) is 0 Å². The minimum Gasteiger partial charge on any atom is -0.478 e. The summed E-state index contributed by atoms with van der Waals surface area (Å²) in [6.07, 6.45) is 3.86. The van der Waals surface area contributed by atoms with Crippen LogP contribution in [0.15, 0.2) is 12.2 Å². The van der Waals surface area contributed by atoms with Crippen LogP contribution in [-0.2, 0) is 9.68 Å². The van der Waals surface area contributed by atoms with Gasteiger partial charge < -0.3 is 5.11 Å². The third kappa shape index (κ3) is 1.89. The van der Waals surface area contributed by atoms with Crippen LogP contribution in [0.1, 0.15) is 32.1 Å². The van der Waals surface area contributed by atoms with E-state index in [2.05, 4.69) is 11.5 Å². The Morgan fingerprint density at radius 3 is 2.23 bits per heavy atom. The Bertz CT molecular complexity index is 216. The fourth-order valence-corrected chi connectivity index (χ4v) is 1.77. The van der Waals surface area contributed by atoms with E-state index in [1.807, 2.05) is 0 Å². The van der Waals surface area contributed by atoms with Crippen molar-refractivity contribution in [3.05, 3.63) is 12.2 Å². The summed E-state index contributed by atoms with van der Waals surface area (Å²) < 4.78 is 0. The van der Waals surface area contributed by atoms with Crippen molar-refractivity contribution < 1.29 is 20.0 Å². The highest BCUT2D eigenvalue weighted by molar-refractivity contribution is 5.88. The van der Waals surface area contributed by atoms with E-state index in [4.69, 9.17) is 10.4 Å². The first-order chi connectivity index (χ1) is 6.12. The second kappa shape index (κ2) is 3.89. The number of rotatable bonds is 3. The lowest BCUT2D eigenvalue weighted by Crippen LogP contribution is -2.38. The maximum Gasteiger partial charge on any atom is 0.334 e. The van der Waals surface area contributed by atoms with Gasteiger partial charge in [-0.3, -0.25) is 5.26 Å². The summed E-state index contributed by atoms with van der Waals surface area (Å²) in [7, 11) is 0. The van der Waals surface area contributed by atoms with E-state index < -0.39 is 11.6 Å². The predicted octanol–water partition coefficient (Wildman–Crippen LogP) is 1.82. The van der Waals surface area contributed by atoms with Gasteiger partial charge in [-0.25, -0.2) is 9.68 Å². The Balaban J connectivity index is 2.78. The van der Waals surface area contributed by atoms with Crippen LogP contribution in [0.5, 0.6) is 0 Å². The molecule has 1 rings (SSSR count). The SMILES string of the molecule is C=C(C(=O)O)C1(OO)CCCCC1. The third-order valence-electron chi connectivity index (χ3n) is 2.64. The highest BCUT2D eigenvalue weighted by Gasteiger charge is 2.39. The molecule has 1 fully saturated rings. The first-order valence-electron chi connectivity index (χ1n) is 4.38. The van der Waals surface area contributed by atoms with Gasteiger partial charge in [0, 0.05) is 0 Å². The molecule has 0 aromatic heterocycles. The van der Waals surface area contributed by atoms with E-state index in [1.165, 1.54) is 0 Å². The molecule has 74 valence electrons. The average Bonchev–Trinajstić information content (AvgIpc) is 2.17. The van der Waals surface area contributed by atoms with Crippen molar-refractivity contribution in [1.82, 2.24) is 0 Å². The van der Waals surface area contributed by atoms with Crippen LogP contribution in [-0.4, -0.2) is 21.9 Å². The predicted molar refractivity (Wildman–Crippen MR) is 46.3 cm³/mol. The summed E-state index contributed by atoms with van der Waals surface area (Å²) in [6, 6.07) is 0. The van der Waals surface area contributed by atoms with E-state index in [0.29, 0.717) is 12.8 Å². The van der Waals surface area contributed by atoms with Gasteiger partial charge in [0.1, 0.15) is 5.60 Å². The smallest absolute Gasteiger partial charge is 0.334 e. The normalized spacial score (nSPS) is 21.0. The van der Waals surface area contributed by atoms with Gasteiger partial charge >= 0.3 is 5.97 Å². The minimum atomic E-state index is -1.10. The van der Waals surface area contributed by atoms with Gasteiger partial charge in [-0.05, 0) is 12.8 Å². The second-order valence-electron chi connectivity index (χ2n) is 3.43. The van der Waals surface area contributed by atoms with Crippen molar-refractivity contribution in [3.63, 3.8) is 0 Å². The van der Waals surface area contributed by atoms with Crippen LogP contribution in [0.25, 0.3) is 0 Å². The molecule has 0 amide bonds. The molecule has 0 unspecified atom stereocenters. The van der Waals surface area contributed by atoms with Crippen molar-refractivity contribution in [2.75, 3.05) is 0 Å². The summed E-state index contributed by atoms with van der Waals surface area (Å²) in [5.74, 6) is -1.10. The molecule has 1 aliphatic rings. The van der Waals surface area contributed by atoms with E-state index in [1.54, 1.807) is 0 Å². The largest absolute Gasteiger partial charge is 0.478 e. The minimum absolute atomic E-state index is 0.0466. The second-order valence-corrected chi connectivity index (χ2v) is 3.43. The van der Waals surface area contributed by atoms with Crippen LogP contribution >= 0.6 is 0 Å². The first-order valence-corrected chi connectivity index (χ1v) is 4.38. The molecule has 0 bridgehead atoms. The fourth-order valence-electron chi connectivity index (χ4n) is 1.77. The van der Waals surface area contributed by atoms with Gasteiger partial charge in [0.2, 0.25) is 0 Å². The Morgan fingerprint density at radius 1 is 1.31 bits per heavy atom. The number of carboxylic acid groups (broad SMARTS) is 1. The van der Waals surface area contributed by atoms with Crippen LogP contribution in [0, 0.1) is 0 Å². The van der Waals surface area contributed by atoms with Gasteiger partial charge in [-0.2, -0.15) is 0 Å². The number of carboxylic acids is 1. The summed E-state index contributed by atoms with van der Waals surface area (Å²) in [6.45, 7) is 3.44. The third-order valence-corrected chi connectivity index (χ3v) is 2.64. The molecule has 0 aliphatic heterocycles. The quantitative estimate of drug-likeness (QED) is 0.401. The Labute approximate surface area is 76.8 Å². The number of hydrogen-bond acceptors (Lipinski definition) is 3. The Hall–Kier alpha value is -0.870. The molecule has 0 atom stereocenters. The van der Waals surface area contributed by atoms with Crippen LogP contribution < -0.4 is 0 Å². The molecule has 1 aliphatic carbocycles. The van der Waals surface area contributed by atoms with Crippen LogP contribution in [0.2, 0.25) is 0 Å². The summed E-state index contributed by atoms with van der Waals surface area (Å²) in [4.78, 5) is 15.0. The maximum atomic E-state index is 10.7. The van der Waals surface area contributed by atoms with E-state index in [-0.39, 0.29) is 5.57 Å². The van der Waals surface area contributed by atoms with E-state index in [0.717, 1.165) is 19.3 Å². The summed E-state index contributed by atoms with van der Waals surface area (Å²) in [5.41, 5.74) is -1.08.